The quantitative estimate of drug-likeness (QED) is 0.717. The van der Waals surface area contributed by atoms with Gasteiger partial charge < -0.3 is 15.7 Å². The van der Waals surface area contributed by atoms with E-state index in [-0.39, 0.29) is 12.1 Å². The van der Waals surface area contributed by atoms with E-state index in [2.05, 4.69) is 5.10 Å². The molecular formula is C9H14N4O2. The first-order valence-corrected chi connectivity index (χ1v) is 4.89. The van der Waals surface area contributed by atoms with Crippen molar-refractivity contribution in [1.82, 2.24) is 14.7 Å². The molecule has 2 atom stereocenters. The van der Waals surface area contributed by atoms with Crippen LogP contribution in [0.25, 0.3) is 0 Å². The Hall–Kier alpha value is -1.56. The van der Waals surface area contributed by atoms with Crippen LogP contribution in [0.5, 0.6) is 0 Å². The van der Waals surface area contributed by atoms with Gasteiger partial charge in [0, 0.05) is 25.0 Å². The van der Waals surface area contributed by atoms with Gasteiger partial charge in [0.15, 0.2) is 0 Å². The summed E-state index contributed by atoms with van der Waals surface area (Å²) < 4.78 is 1.73. The smallest absolute Gasteiger partial charge is 0.407 e. The van der Waals surface area contributed by atoms with Gasteiger partial charge in [0.1, 0.15) is 0 Å². The first-order valence-electron chi connectivity index (χ1n) is 4.89. The Morgan fingerprint density at radius 2 is 2.47 bits per heavy atom. The van der Waals surface area contributed by atoms with Crippen LogP contribution in [0.2, 0.25) is 0 Å². The number of amides is 1. The summed E-state index contributed by atoms with van der Waals surface area (Å²) in [5, 5.41) is 13.0. The minimum Gasteiger partial charge on any atom is -0.465 e. The molecule has 2 heterocycles. The van der Waals surface area contributed by atoms with E-state index in [1.807, 2.05) is 12.3 Å². The second-order valence-corrected chi connectivity index (χ2v) is 3.81. The minimum atomic E-state index is -0.903. The first-order chi connectivity index (χ1) is 7.16. The zero-order valence-electron chi connectivity index (χ0n) is 8.28. The molecule has 6 heteroatoms. The molecule has 0 saturated carbocycles. The van der Waals surface area contributed by atoms with Gasteiger partial charge in [0.25, 0.3) is 0 Å². The molecule has 1 fully saturated rings. The van der Waals surface area contributed by atoms with Crippen molar-refractivity contribution in [3.05, 3.63) is 18.5 Å². The summed E-state index contributed by atoms with van der Waals surface area (Å²) in [7, 11) is 0. The molecule has 15 heavy (non-hydrogen) atoms. The fraction of sp³-hybridized carbons (Fsp3) is 0.556. The minimum absolute atomic E-state index is 0.0540. The maximum absolute atomic E-state index is 10.9. The van der Waals surface area contributed by atoms with Crippen LogP contribution in [-0.4, -0.2) is 44.5 Å². The maximum Gasteiger partial charge on any atom is 0.407 e. The predicted octanol–water partition coefficient (Wildman–Crippen LogP) is -0.0373. The number of nitrogens with zero attached hydrogens (tertiary/aromatic N) is 3. The number of hydrogen-bond donors (Lipinski definition) is 2. The number of likely N-dealkylation sites (tertiary alicyclic amines) is 1. The van der Waals surface area contributed by atoms with E-state index in [1.165, 1.54) is 4.90 Å². The average Bonchev–Trinajstić information content (AvgIpc) is 2.75. The summed E-state index contributed by atoms with van der Waals surface area (Å²) in [5.41, 5.74) is 5.75. The number of carboxylic acid groups (broad SMARTS) is 1. The van der Waals surface area contributed by atoms with Crippen molar-refractivity contribution in [3.8, 4) is 0 Å². The first kappa shape index (κ1) is 9.97. The summed E-state index contributed by atoms with van der Waals surface area (Å²) in [6, 6.07) is 1.71. The van der Waals surface area contributed by atoms with Crippen molar-refractivity contribution < 1.29 is 9.90 Å². The molecule has 2 rings (SSSR count). The Morgan fingerprint density at radius 1 is 1.67 bits per heavy atom. The molecule has 3 N–H and O–H groups in total. The molecular weight excluding hydrogens is 196 g/mol. The molecule has 82 valence electrons. The molecule has 1 aliphatic heterocycles. The molecule has 0 radical (unpaired) electrons. The Morgan fingerprint density at radius 3 is 3.07 bits per heavy atom. The third-order valence-electron chi connectivity index (χ3n) is 2.65. The standard InChI is InChI=1S/C9H14N4O2/c10-7-4-8(13(5-7)9(14)15)6-12-3-1-2-11-12/h1-3,7-8H,4-6,10H2,(H,14,15). The molecule has 0 aromatic carbocycles. The largest absolute Gasteiger partial charge is 0.465 e. The van der Waals surface area contributed by atoms with Gasteiger partial charge in [0.2, 0.25) is 0 Å². The highest BCUT2D eigenvalue weighted by Crippen LogP contribution is 2.17. The van der Waals surface area contributed by atoms with Gasteiger partial charge in [-0.1, -0.05) is 0 Å². The van der Waals surface area contributed by atoms with Crippen LogP contribution in [0.1, 0.15) is 6.42 Å². The fourth-order valence-corrected chi connectivity index (χ4v) is 1.98. The van der Waals surface area contributed by atoms with Crippen molar-refractivity contribution in [3.63, 3.8) is 0 Å². The van der Waals surface area contributed by atoms with E-state index in [0.717, 1.165) is 0 Å². The topological polar surface area (TPSA) is 84.4 Å². The number of carbonyl (C=O) groups is 1. The van der Waals surface area contributed by atoms with Gasteiger partial charge in [0.05, 0.1) is 12.6 Å². The molecule has 0 aliphatic carbocycles. The van der Waals surface area contributed by atoms with Gasteiger partial charge in [-0.2, -0.15) is 5.10 Å². The molecule has 1 saturated heterocycles. The van der Waals surface area contributed by atoms with E-state index >= 15 is 0 Å². The highest BCUT2D eigenvalue weighted by Gasteiger charge is 2.33. The van der Waals surface area contributed by atoms with Gasteiger partial charge >= 0.3 is 6.09 Å². The molecule has 0 spiro atoms. The summed E-state index contributed by atoms with van der Waals surface area (Å²) in [6.07, 6.45) is 3.30. The van der Waals surface area contributed by atoms with E-state index < -0.39 is 6.09 Å². The zero-order valence-corrected chi connectivity index (χ0v) is 8.28. The summed E-state index contributed by atoms with van der Waals surface area (Å²) in [6.45, 7) is 0.994. The lowest BCUT2D eigenvalue weighted by Gasteiger charge is -2.20. The fourth-order valence-electron chi connectivity index (χ4n) is 1.98. The summed E-state index contributed by atoms with van der Waals surface area (Å²) in [4.78, 5) is 12.3. The Kier molecular flexibility index (Phi) is 2.59. The van der Waals surface area contributed by atoms with Crippen LogP contribution in [0.4, 0.5) is 4.79 Å². The summed E-state index contributed by atoms with van der Waals surface area (Å²) >= 11 is 0. The Labute approximate surface area is 87.3 Å². The van der Waals surface area contributed by atoms with Gasteiger partial charge in [-0.05, 0) is 12.5 Å². The molecule has 1 aliphatic rings. The van der Waals surface area contributed by atoms with E-state index in [9.17, 15) is 4.79 Å². The lowest BCUT2D eigenvalue weighted by molar-refractivity contribution is 0.135. The van der Waals surface area contributed by atoms with Crippen LogP contribution >= 0.6 is 0 Å². The third-order valence-corrected chi connectivity index (χ3v) is 2.65. The van der Waals surface area contributed by atoms with Crippen LogP contribution in [0.15, 0.2) is 18.5 Å². The highest BCUT2D eigenvalue weighted by atomic mass is 16.4. The van der Waals surface area contributed by atoms with Crippen molar-refractivity contribution in [2.45, 2.75) is 25.0 Å². The Bertz CT molecular complexity index is 338. The molecule has 2 unspecified atom stereocenters. The van der Waals surface area contributed by atoms with Crippen LogP contribution in [-0.2, 0) is 6.54 Å². The van der Waals surface area contributed by atoms with Crippen LogP contribution in [0, 0.1) is 0 Å². The predicted molar refractivity (Wildman–Crippen MR) is 53.3 cm³/mol. The highest BCUT2D eigenvalue weighted by molar-refractivity contribution is 5.66. The van der Waals surface area contributed by atoms with E-state index in [0.29, 0.717) is 19.5 Å². The SMILES string of the molecule is NC1CC(Cn2cccn2)N(C(=O)O)C1. The number of nitrogens with two attached hydrogens (primary N) is 1. The molecule has 1 aromatic heterocycles. The van der Waals surface area contributed by atoms with Crippen molar-refractivity contribution >= 4 is 6.09 Å². The van der Waals surface area contributed by atoms with E-state index in [4.69, 9.17) is 10.8 Å². The monoisotopic (exact) mass is 210 g/mol. The van der Waals surface area contributed by atoms with Crippen molar-refractivity contribution in [2.75, 3.05) is 6.54 Å². The van der Waals surface area contributed by atoms with Gasteiger partial charge in [-0.15, -0.1) is 0 Å². The zero-order chi connectivity index (χ0) is 10.8. The number of hydrogen-bond acceptors (Lipinski definition) is 3. The van der Waals surface area contributed by atoms with Gasteiger partial charge in [-0.25, -0.2) is 4.79 Å². The van der Waals surface area contributed by atoms with Crippen LogP contribution < -0.4 is 5.73 Å². The Balaban J connectivity index is 2.04. The lowest BCUT2D eigenvalue weighted by Crippen LogP contribution is -2.37. The average molecular weight is 210 g/mol. The van der Waals surface area contributed by atoms with Crippen LogP contribution in [0.3, 0.4) is 0 Å². The number of aromatic nitrogens is 2. The van der Waals surface area contributed by atoms with Gasteiger partial charge in [-0.3, -0.25) is 4.68 Å². The molecule has 1 aromatic rings. The second-order valence-electron chi connectivity index (χ2n) is 3.81. The van der Waals surface area contributed by atoms with Crippen molar-refractivity contribution in [1.29, 1.82) is 0 Å². The van der Waals surface area contributed by atoms with E-state index in [1.54, 1.807) is 10.9 Å². The third kappa shape index (κ3) is 2.10. The van der Waals surface area contributed by atoms with Crippen molar-refractivity contribution in [2.24, 2.45) is 5.73 Å². The normalized spacial score (nSPS) is 25.8. The summed E-state index contributed by atoms with van der Waals surface area (Å²) in [5.74, 6) is 0. The molecule has 6 nitrogen and oxygen atoms in total. The second kappa shape index (κ2) is 3.90. The molecule has 0 bridgehead atoms. The molecule has 1 amide bonds. The number of rotatable bonds is 2. The lowest BCUT2D eigenvalue weighted by atomic mass is 10.2. The maximum atomic E-state index is 10.9.